The summed E-state index contributed by atoms with van der Waals surface area (Å²) in [6.45, 7) is 1.21. The number of halogens is 3. The minimum absolute atomic E-state index is 0.0911. The lowest BCUT2D eigenvalue weighted by atomic mass is 9.64. The van der Waals surface area contributed by atoms with Crippen molar-refractivity contribution in [3.63, 3.8) is 0 Å². The van der Waals surface area contributed by atoms with Crippen molar-refractivity contribution in [2.45, 2.75) is 116 Å². The number of carboxylic acid groups (broad SMARTS) is 1. The summed E-state index contributed by atoms with van der Waals surface area (Å²) in [7, 11) is 1.92. The molecule has 2 aliphatic heterocycles. The number of aromatic nitrogens is 3. The molecule has 0 bridgehead atoms. The first kappa shape index (κ1) is 40.6. The minimum atomic E-state index is -3.08. The molecule has 1 amide bonds. The highest BCUT2D eigenvalue weighted by Gasteiger charge is 2.39. The molecule has 2 N–H and O–H groups in total. The number of nitrogens with zero attached hydrogens (tertiary/aromatic N) is 5. The molecule has 3 aromatic carbocycles. The van der Waals surface area contributed by atoms with Crippen molar-refractivity contribution in [3.05, 3.63) is 81.9 Å². The Morgan fingerprint density at radius 3 is 2.50 bits per heavy atom. The number of ether oxygens (including phenoxy) is 1. The average molecular weight is 841 g/mol. The Balaban J connectivity index is 0.930. The first-order valence-electron chi connectivity index (χ1n) is 21.3. The average Bonchev–Trinajstić information content (AvgIpc) is 3.96. The van der Waals surface area contributed by atoms with Gasteiger partial charge in [-0.05, 0) is 99.6 Å². The summed E-state index contributed by atoms with van der Waals surface area (Å²) in [6, 6.07) is 14.0. The molecule has 5 aromatic rings. The Morgan fingerprint density at radius 2 is 1.73 bits per heavy atom. The van der Waals surface area contributed by atoms with Crippen LogP contribution in [0.25, 0.3) is 33.7 Å². The van der Waals surface area contributed by atoms with Gasteiger partial charge in [0, 0.05) is 67.6 Å². The number of fused-ring (bicyclic) bond motifs is 2. The third-order valence-corrected chi connectivity index (χ3v) is 14.3. The van der Waals surface area contributed by atoms with E-state index >= 15 is 0 Å². The van der Waals surface area contributed by atoms with Crippen LogP contribution in [-0.4, -0.2) is 73.1 Å². The van der Waals surface area contributed by atoms with E-state index in [0.29, 0.717) is 69.6 Å². The zero-order valence-electron chi connectivity index (χ0n) is 34.1. The summed E-state index contributed by atoms with van der Waals surface area (Å²) >= 11 is 7.08. The molecule has 4 aliphatic rings. The van der Waals surface area contributed by atoms with Crippen molar-refractivity contribution >= 4 is 40.3 Å². The first-order valence-corrected chi connectivity index (χ1v) is 21.7. The molecular formula is C46H51ClF2N6O5. The number of carbonyl (C=O) groups excluding carboxylic acids is 1. The van der Waals surface area contributed by atoms with E-state index in [1.807, 2.05) is 48.9 Å². The zero-order valence-corrected chi connectivity index (χ0v) is 34.9. The number of carbonyl (C=O) groups is 2. The largest absolute Gasteiger partial charge is 0.480 e. The fourth-order valence-corrected chi connectivity index (χ4v) is 10.9. The number of rotatable bonds is 10. The van der Waals surface area contributed by atoms with Gasteiger partial charge >= 0.3 is 12.6 Å². The summed E-state index contributed by atoms with van der Waals surface area (Å²) in [6.07, 6.45) is 14.1. The highest BCUT2D eigenvalue weighted by atomic mass is 35.5. The normalized spacial score (nSPS) is 19.9. The molecular weight excluding hydrogens is 790 g/mol. The molecule has 2 aliphatic carbocycles. The van der Waals surface area contributed by atoms with Crippen LogP contribution in [0.4, 0.5) is 14.5 Å². The minimum Gasteiger partial charge on any atom is -0.480 e. The molecule has 11 nitrogen and oxygen atoms in total. The lowest BCUT2D eigenvalue weighted by Crippen LogP contribution is -2.44. The Labute approximate surface area is 353 Å². The Bertz CT molecular complexity index is 2430. The summed E-state index contributed by atoms with van der Waals surface area (Å²) in [4.78, 5) is 39.7. The Hall–Kier alpha value is -4.85. The number of carboxylic acids is 1. The van der Waals surface area contributed by atoms with Gasteiger partial charge in [-0.1, -0.05) is 55.1 Å². The van der Waals surface area contributed by atoms with Crippen LogP contribution < -0.4 is 10.1 Å². The number of benzene rings is 3. The van der Waals surface area contributed by atoms with Gasteiger partial charge in [-0.25, -0.2) is 9.97 Å². The number of amides is 1. The van der Waals surface area contributed by atoms with Gasteiger partial charge in [-0.3, -0.25) is 19.4 Å². The molecule has 316 valence electrons. The van der Waals surface area contributed by atoms with Crippen LogP contribution in [0.1, 0.15) is 104 Å². The van der Waals surface area contributed by atoms with E-state index in [4.69, 9.17) is 30.7 Å². The smallest absolute Gasteiger partial charge is 0.387 e. The highest BCUT2D eigenvalue weighted by molar-refractivity contribution is 6.36. The lowest BCUT2D eigenvalue weighted by molar-refractivity contribution is -0.142. The van der Waals surface area contributed by atoms with E-state index in [1.54, 1.807) is 17.0 Å². The molecule has 0 unspecified atom stereocenters. The molecule has 4 heterocycles. The van der Waals surface area contributed by atoms with E-state index in [1.165, 1.54) is 63.9 Å². The monoisotopic (exact) mass is 840 g/mol. The fraction of sp³-hybridized carbons (Fsp3) is 0.478. The van der Waals surface area contributed by atoms with E-state index < -0.39 is 18.6 Å². The standard InChI is InChI=1S/C46H51ClF2N6O5/c1-27-30(9-6-10-31(27)43-52-34-23-28(25-55-21-8-13-37(55)44(57)58)38(60-45(48)49)24-39(34)59-43)32-11-7-12-33(40(32)47)51-42(56)41-50-35-26-54(22-16-36(35)53(41)2)29-14-19-46(20-15-29)17-4-3-5-18-46/h6-7,9-12,23-24,29,37,45H,3-5,8,13-22,25-26H2,1-2H3,(H,51,56)(H,57,58)/t37-/m0/s1. The maximum absolute atomic E-state index is 13.9. The maximum Gasteiger partial charge on any atom is 0.387 e. The number of imidazole rings is 1. The number of alkyl halides is 2. The highest BCUT2D eigenvalue weighted by Crippen LogP contribution is 2.48. The number of hydrogen-bond acceptors (Lipinski definition) is 8. The number of nitrogens with one attached hydrogen (secondary N) is 1. The Kier molecular flexibility index (Phi) is 11.2. The molecule has 2 aromatic heterocycles. The molecule has 14 heteroatoms. The lowest BCUT2D eigenvalue weighted by Gasteiger charge is -2.46. The fourth-order valence-electron chi connectivity index (χ4n) is 10.6. The van der Waals surface area contributed by atoms with E-state index in [9.17, 15) is 23.5 Å². The maximum atomic E-state index is 13.9. The van der Waals surface area contributed by atoms with Crippen LogP contribution in [0.2, 0.25) is 5.02 Å². The van der Waals surface area contributed by atoms with Gasteiger partial charge in [0.25, 0.3) is 5.91 Å². The summed E-state index contributed by atoms with van der Waals surface area (Å²) in [5.41, 5.74) is 7.12. The second-order valence-electron chi connectivity index (χ2n) is 17.3. The van der Waals surface area contributed by atoms with E-state index in [2.05, 4.69) is 10.2 Å². The van der Waals surface area contributed by atoms with Crippen LogP contribution in [-0.2, 0) is 31.4 Å². The number of hydrogen-bond donors (Lipinski definition) is 2. The van der Waals surface area contributed by atoms with Gasteiger partial charge < -0.3 is 24.1 Å². The van der Waals surface area contributed by atoms with Gasteiger partial charge in [0.1, 0.15) is 17.3 Å². The zero-order chi connectivity index (χ0) is 41.7. The third-order valence-electron chi connectivity index (χ3n) is 13.8. The van der Waals surface area contributed by atoms with Crippen molar-refractivity contribution in [3.8, 4) is 28.3 Å². The van der Waals surface area contributed by atoms with E-state index in [-0.39, 0.29) is 29.7 Å². The Morgan fingerprint density at radius 1 is 0.983 bits per heavy atom. The topological polar surface area (TPSA) is 126 Å². The number of aliphatic carboxylic acids is 1. The van der Waals surface area contributed by atoms with Gasteiger partial charge in [0.2, 0.25) is 5.89 Å². The molecule has 1 spiro atoms. The molecule has 3 fully saturated rings. The predicted molar refractivity (Wildman–Crippen MR) is 225 cm³/mol. The van der Waals surface area contributed by atoms with Gasteiger partial charge in [-0.2, -0.15) is 8.78 Å². The first-order chi connectivity index (χ1) is 29.0. The molecule has 1 saturated heterocycles. The quantitative estimate of drug-likeness (QED) is 0.141. The predicted octanol–water partition coefficient (Wildman–Crippen LogP) is 10.0. The van der Waals surface area contributed by atoms with Crippen molar-refractivity contribution in [1.82, 2.24) is 24.3 Å². The van der Waals surface area contributed by atoms with Crippen LogP contribution in [0.3, 0.4) is 0 Å². The van der Waals surface area contributed by atoms with Crippen LogP contribution in [0, 0.1) is 12.3 Å². The number of oxazole rings is 1. The van der Waals surface area contributed by atoms with Crippen molar-refractivity contribution in [1.29, 1.82) is 0 Å². The molecule has 60 heavy (non-hydrogen) atoms. The van der Waals surface area contributed by atoms with Crippen LogP contribution >= 0.6 is 11.6 Å². The van der Waals surface area contributed by atoms with Crippen molar-refractivity contribution < 1.29 is 32.6 Å². The van der Waals surface area contributed by atoms with Crippen molar-refractivity contribution in [2.24, 2.45) is 12.5 Å². The SMILES string of the molecule is Cc1c(-c2nc3cc(CN4CCC[C@H]4C(=O)O)c(OC(F)F)cc3o2)cccc1-c1cccc(NC(=O)c2nc3c(n2C)CCN(C2CCC4(CCCCC4)CC2)C3)c1Cl. The molecule has 0 radical (unpaired) electrons. The number of likely N-dealkylation sites (tertiary alicyclic amines) is 1. The van der Waals surface area contributed by atoms with Gasteiger partial charge in [0.15, 0.2) is 11.4 Å². The molecule has 2 saturated carbocycles. The van der Waals surface area contributed by atoms with Crippen molar-refractivity contribution in [2.75, 3.05) is 18.4 Å². The summed E-state index contributed by atoms with van der Waals surface area (Å²) < 4.78 is 40.0. The summed E-state index contributed by atoms with van der Waals surface area (Å²) in [5.74, 6) is -0.745. The van der Waals surface area contributed by atoms with Gasteiger partial charge in [-0.15, -0.1) is 0 Å². The number of anilines is 1. The second-order valence-corrected chi connectivity index (χ2v) is 17.7. The van der Waals surface area contributed by atoms with Crippen LogP contribution in [0.5, 0.6) is 5.75 Å². The molecule has 9 rings (SSSR count). The van der Waals surface area contributed by atoms with Gasteiger partial charge in [0.05, 0.1) is 16.4 Å². The second kappa shape index (κ2) is 16.5. The van der Waals surface area contributed by atoms with Crippen LogP contribution in [0.15, 0.2) is 52.9 Å². The summed E-state index contributed by atoms with van der Waals surface area (Å²) in [5, 5.41) is 13.1. The third kappa shape index (κ3) is 7.80. The van der Waals surface area contributed by atoms with E-state index in [0.717, 1.165) is 42.0 Å². The molecule has 1 atom stereocenters.